The van der Waals surface area contributed by atoms with Gasteiger partial charge in [0.2, 0.25) is 0 Å². The topological polar surface area (TPSA) is 49.3 Å². The van der Waals surface area contributed by atoms with Crippen LogP contribution in [0.2, 0.25) is 0 Å². The van der Waals surface area contributed by atoms with E-state index in [-0.39, 0.29) is 24.0 Å². The molecule has 1 aromatic carbocycles. The summed E-state index contributed by atoms with van der Waals surface area (Å²) in [5.74, 6) is 1.36. The van der Waals surface area contributed by atoms with Gasteiger partial charge in [-0.3, -0.25) is 4.99 Å². The first-order valence-electron chi connectivity index (χ1n) is 8.02. The van der Waals surface area contributed by atoms with Gasteiger partial charge in [-0.05, 0) is 31.7 Å². The van der Waals surface area contributed by atoms with E-state index in [1.807, 2.05) is 6.92 Å². The largest absolute Gasteiger partial charge is 0.356 e. The lowest BCUT2D eigenvalue weighted by Crippen LogP contribution is -2.37. The summed E-state index contributed by atoms with van der Waals surface area (Å²) >= 11 is 1.74. The molecule has 0 fully saturated rings. The second-order valence-electron chi connectivity index (χ2n) is 5.70. The van der Waals surface area contributed by atoms with E-state index < -0.39 is 0 Å². The van der Waals surface area contributed by atoms with E-state index in [4.69, 9.17) is 0 Å². The van der Waals surface area contributed by atoms with Crippen LogP contribution in [0.4, 0.5) is 0 Å². The Morgan fingerprint density at radius 2 is 1.92 bits per heavy atom. The lowest BCUT2D eigenvalue weighted by molar-refractivity contribution is 0.651. The minimum absolute atomic E-state index is 0. The van der Waals surface area contributed by atoms with Crippen molar-refractivity contribution >= 4 is 41.3 Å². The Hall–Kier alpha value is -1.15. The van der Waals surface area contributed by atoms with Crippen molar-refractivity contribution in [3.8, 4) is 0 Å². The number of aryl methyl sites for hydroxylation is 2. The highest BCUT2D eigenvalue weighted by Gasteiger charge is 2.07. The quantitative estimate of drug-likeness (QED) is 0.387. The van der Waals surface area contributed by atoms with Crippen molar-refractivity contribution in [1.29, 1.82) is 0 Å². The van der Waals surface area contributed by atoms with Gasteiger partial charge in [0.05, 0.1) is 12.2 Å². The molecule has 6 heteroatoms. The summed E-state index contributed by atoms with van der Waals surface area (Å²) in [5.41, 5.74) is 2.50. The number of thiazole rings is 1. The lowest BCUT2D eigenvalue weighted by Gasteiger charge is -2.14. The first kappa shape index (κ1) is 20.9. The van der Waals surface area contributed by atoms with Crippen molar-refractivity contribution < 1.29 is 0 Å². The van der Waals surface area contributed by atoms with Crippen LogP contribution in [0.1, 0.15) is 40.4 Å². The Labute approximate surface area is 166 Å². The van der Waals surface area contributed by atoms with Crippen LogP contribution in [-0.2, 0) is 6.54 Å². The van der Waals surface area contributed by atoms with Crippen molar-refractivity contribution in [3.05, 3.63) is 51.5 Å². The second kappa shape index (κ2) is 10.7. The zero-order valence-electron chi connectivity index (χ0n) is 14.8. The van der Waals surface area contributed by atoms with Gasteiger partial charge in [0, 0.05) is 18.5 Å². The Balaban J connectivity index is 0.00000288. The minimum atomic E-state index is 0. The van der Waals surface area contributed by atoms with E-state index in [0.29, 0.717) is 12.5 Å². The van der Waals surface area contributed by atoms with Crippen LogP contribution in [0, 0.1) is 13.8 Å². The van der Waals surface area contributed by atoms with E-state index in [1.165, 1.54) is 10.4 Å². The molecule has 0 aliphatic carbocycles. The number of benzene rings is 1. The fraction of sp³-hybridized carbons (Fsp3) is 0.444. The van der Waals surface area contributed by atoms with Crippen LogP contribution in [0.25, 0.3) is 0 Å². The highest BCUT2D eigenvalue weighted by atomic mass is 127. The molecule has 0 bridgehead atoms. The van der Waals surface area contributed by atoms with Gasteiger partial charge < -0.3 is 10.6 Å². The van der Waals surface area contributed by atoms with Crippen LogP contribution in [0.5, 0.6) is 0 Å². The highest BCUT2D eigenvalue weighted by Crippen LogP contribution is 2.17. The maximum atomic E-state index is 4.54. The molecule has 0 spiro atoms. The van der Waals surface area contributed by atoms with Gasteiger partial charge in [0.15, 0.2) is 5.96 Å². The molecule has 2 N–H and O–H groups in total. The molecule has 132 valence electrons. The number of hydrogen-bond acceptors (Lipinski definition) is 3. The number of nitrogens with one attached hydrogen (secondary N) is 2. The van der Waals surface area contributed by atoms with Gasteiger partial charge in [0.1, 0.15) is 5.01 Å². The standard InChI is InChI=1S/C18H26N4S.HI/c1-13(16-8-6-5-7-9-16)10-11-20-18(19-4)21-12-17-22-14(2)15(3)23-17;/h5-9,13H,10-12H2,1-4H3,(H2,19,20,21);1H. The Morgan fingerprint density at radius 3 is 2.50 bits per heavy atom. The number of rotatable bonds is 6. The number of guanidine groups is 1. The molecule has 1 atom stereocenters. The summed E-state index contributed by atoms with van der Waals surface area (Å²) in [4.78, 5) is 10.1. The normalized spacial score (nSPS) is 12.4. The first-order valence-corrected chi connectivity index (χ1v) is 8.84. The second-order valence-corrected chi connectivity index (χ2v) is 6.99. The number of hydrogen-bond donors (Lipinski definition) is 2. The molecule has 0 saturated carbocycles. The van der Waals surface area contributed by atoms with Gasteiger partial charge in [-0.2, -0.15) is 0 Å². The highest BCUT2D eigenvalue weighted by molar-refractivity contribution is 14.0. The smallest absolute Gasteiger partial charge is 0.191 e. The third kappa shape index (κ3) is 6.39. The molecule has 0 aliphatic heterocycles. The molecule has 0 saturated heterocycles. The van der Waals surface area contributed by atoms with Crippen LogP contribution in [0.15, 0.2) is 35.3 Å². The predicted molar refractivity (Wildman–Crippen MR) is 115 cm³/mol. The van der Waals surface area contributed by atoms with Crippen molar-refractivity contribution in [1.82, 2.24) is 15.6 Å². The molecule has 24 heavy (non-hydrogen) atoms. The van der Waals surface area contributed by atoms with E-state index in [2.05, 4.69) is 64.8 Å². The Kier molecular flexibility index (Phi) is 9.28. The van der Waals surface area contributed by atoms with E-state index in [1.54, 1.807) is 18.4 Å². The molecule has 0 radical (unpaired) electrons. The molecule has 1 aromatic heterocycles. The van der Waals surface area contributed by atoms with E-state index in [0.717, 1.165) is 29.6 Å². The molecule has 0 amide bonds. The summed E-state index contributed by atoms with van der Waals surface area (Å²) < 4.78 is 0. The fourth-order valence-corrected chi connectivity index (χ4v) is 3.22. The number of aliphatic imine (C=N–C) groups is 1. The molecule has 4 nitrogen and oxygen atoms in total. The molecule has 1 heterocycles. The number of aromatic nitrogens is 1. The Bertz CT molecular complexity index is 620. The maximum Gasteiger partial charge on any atom is 0.191 e. The zero-order valence-corrected chi connectivity index (χ0v) is 17.9. The van der Waals surface area contributed by atoms with Crippen LogP contribution in [-0.4, -0.2) is 24.5 Å². The van der Waals surface area contributed by atoms with Crippen molar-refractivity contribution in [2.75, 3.05) is 13.6 Å². The molecule has 1 unspecified atom stereocenters. The minimum Gasteiger partial charge on any atom is -0.356 e. The Morgan fingerprint density at radius 1 is 1.21 bits per heavy atom. The summed E-state index contributed by atoms with van der Waals surface area (Å²) in [7, 11) is 1.80. The third-order valence-corrected chi connectivity index (χ3v) is 5.01. The average Bonchev–Trinajstić information content (AvgIpc) is 2.89. The lowest BCUT2D eigenvalue weighted by atomic mass is 9.98. The summed E-state index contributed by atoms with van der Waals surface area (Å²) in [6, 6.07) is 10.6. The van der Waals surface area contributed by atoms with Gasteiger partial charge >= 0.3 is 0 Å². The SMILES string of the molecule is CN=C(NCCC(C)c1ccccc1)NCc1nc(C)c(C)s1.I. The zero-order chi connectivity index (χ0) is 16.7. The van der Waals surface area contributed by atoms with Crippen LogP contribution in [0.3, 0.4) is 0 Å². The van der Waals surface area contributed by atoms with E-state index >= 15 is 0 Å². The summed E-state index contributed by atoms with van der Waals surface area (Å²) in [6.07, 6.45) is 1.07. The summed E-state index contributed by atoms with van der Waals surface area (Å²) in [6.45, 7) is 8.02. The summed E-state index contributed by atoms with van der Waals surface area (Å²) in [5, 5.41) is 7.80. The molecular formula is C18H27IN4S. The number of halogens is 1. The molecule has 2 aromatic rings. The third-order valence-electron chi connectivity index (χ3n) is 3.94. The van der Waals surface area contributed by atoms with Crippen molar-refractivity contribution in [2.24, 2.45) is 4.99 Å². The van der Waals surface area contributed by atoms with Crippen LogP contribution < -0.4 is 10.6 Å². The van der Waals surface area contributed by atoms with Crippen molar-refractivity contribution in [3.63, 3.8) is 0 Å². The molecule has 0 aliphatic rings. The van der Waals surface area contributed by atoms with E-state index in [9.17, 15) is 0 Å². The van der Waals surface area contributed by atoms with Crippen molar-refractivity contribution in [2.45, 2.75) is 39.7 Å². The van der Waals surface area contributed by atoms with Gasteiger partial charge in [-0.15, -0.1) is 35.3 Å². The van der Waals surface area contributed by atoms with Gasteiger partial charge in [-0.1, -0.05) is 37.3 Å². The first-order chi connectivity index (χ1) is 11.1. The number of nitrogens with zero attached hydrogens (tertiary/aromatic N) is 2. The van der Waals surface area contributed by atoms with Gasteiger partial charge in [0.25, 0.3) is 0 Å². The maximum absolute atomic E-state index is 4.54. The fourth-order valence-electron chi connectivity index (χ4n) is 2.35. The van der Waals surface area contributed by atoms with Gasteiger partial charge in [-0.25, -0.2) is 4.98 Å². The molecule has 2 rings (SSSR count). The molecular weight excluding hydrogens is 431 g/mol. The average molecular weight is 458 g/mol. The predicted octanol–water partition coefficient (Wildman–Crippen LogP) is 4.24. The monoisotopic (exact) mass is 458 g/mol. The van der Waals surface area contributed by atoms with Crippen LogP contribution >= 0.6 is 35.3 Å².